The van der Waals surface area contributed by atoms with E-state index >= 15 is 0 Å². The maximum absolute atomic E-state index is 6.76. The second-order valence-corrected chi connectivity index (χ2v) is 7.61. The Balaban J connectivity index is 1.90. The van der Waals surface area contributed by atoms with E-state index in [0.717, 1.165) is 32.8 Å². The summed E-state index contributed by atoms with van der Waals surface area (Å²) in [6.07, 6.45) is 0.208. The van der Waals surface area contributed by atoms with Crippen LogP contribution in [0.3, 0.4) is 0 Å². The molecule has 0 unspecified atom stereocenters. The minimum Gasteiger partial charge on any atom is -0.379 e. The van der Waals surface area contributed by atoms with Gasteiger partial charge in [0, 0.05) is 31.1 Å². The van der Waals surface area contributed by atoms with Crippen LogP contribution < -0.4 is 0 Å². The lowest BCUT2D eigenvalue weighted by Gasteiger charge is -2.43. The Bertz CT molecular complexity index is 499. The highest BCUT2D eigenvalue weighted by molar-refractivity contribution is 5.19. The zero-order valence-corrected chi connectivity index (χ0v) is 14.9. The Morgan fingerprint density at radius 1 is 1.09 bits per heavy atom. The Kier molecular flexibility index (Phi) is 5.07. The van der Waals surface area contributed by atoms with Crippen molar-refractivity contribution in [3.63, 3.8) is 0 Å². The molecule has 2 aliphatic heterocycles. The van der Waals surface area contributed by atoms with Crippen molar-refractivity contribution in [1.29, 1.82) is 0 Å². The van der Waals surface area contributed by atoms with E-state index in [4.69, 9.17) is 9.47 Å². The maximum atomic E-state index is 6.76. The third kappa shape index (κ3) is 3.61. The molecule has 2 aliphatic rings. The van der Waals surface area contributed by atoms with Gasteiger partial charge >= 0.3 is 0 Å². The van der Waals surface area contributed by atoms with Crippen molar-refractivity contribution in [2.45, 2.75) is 39.1 Å². The molecule has 0 saturated carbocycles. The lowest BCUT2D eigenvalue weighted by atomic mass is 9.89. The van der Waals surface area contributed by atoms with Crippen molar-refractivity contribution in [3.8, 4) is 0 Å². The van der Waals surface area contributed by atoms with Crippen molar-refractivity contribution in [2.24, 2.45) is 5.41 Å². The summed E-state index contributed by atoms with van der Waals surface area (Å²) >= 11 is 0. The lowest BCUT2D eigenvalue weighted by molar-refractivity contribution is -0.166. The van der Waals surface area contributed by atoms with Crippen LogP contribution in [0.1, 0.15) is 32.4 Å². The van der Waals surface area contributed by atoms with E-state index in [0.29, 0.717) is 6.04 Å². The van der Waals surface area contributed by atoms with E-state index < -0.39 is 0 Å². The fourth-order valence-corrected chi connectivity index (χ4v) is 3.92. The van der Waals surface area contributed by atoms with Crippen LogP contribution in [0.25, 0.3) is 0 Å². The van der Waals surface area contributed by atoms with Gasteiger partial charge in [0.1, 0.15) is 6.23 Å². The highest BCUT2D eigenvalue weighted by Crippen LogP contribution is 2.38. The predicted molar refractivity (Wildman–Crippen MR) is 92.3 cm³/mol. The van der Waals surface area contributed by atoms with Gasteiger partial charge in [-0.15, -0.1) is 0 Å². The summed E-state index contributed by atoms with van der Waals surface area (Å²) in [5.41, 5.74) is 1.34. The van der Waals surface area contributed by atoms with Gasteiger partial charge in [-0.05, 0) is 19.5 Å². The normalized spacial score (nSPS) is 33.3. The van der Waals surface area contributed by atoms with Crippen molar-refractivity contribution < 1.29 is 9.47 Å². The van der Waals surface area contributed by atoms with Gasteiger partial charge in [-0.1, -0.05) is 44.2 Å². The molecule has 3 atom stereocenters. The van der Waals surface area contributed by atoms with E-state index in [1.54, 1.807) is 0 Å². The molecule has 0 aromatic heterocycles. The topological polar surface area (TPSA) is 24.9 Å². The number of morpholine rings is 1. The fraction of sp³-hybridized carbons (Fsp3) is 0.684. The summed E-state index contributed by atoms with van der Waals surface area (Å²) in [7, 11) is 2.22. The molecule has 2 saturated heterocycles. The van der Waals surface area contributed by atoms with Crippen molar-refractivity contribution in [1.82, 2.24) is 9.80 Å². The number of hydrogen-bond acceptors (Lipinski definition) is 4. The fourth-order valence-electron chi connectivity index (χ4n) is 3.92. The number of benzene rings is 1. The van der Waals surface area contributed by atoms with Crippen LogP contribution in [0.5, 0.6) is 0 Å². The molecule has 1 aromatic carbocycles. The van der Waals surface area contributed by atoms with E-state index in [1.165, 1.54) is 5.56 Å². The molecule has 0 aliphatic carbocycles. The molecule has 2 fully saturated rings. The highest BCUT2D eigenvalue weighted by atomic mass is 16.5. The molecule has 4 heteroatoms. The van der Waals surface area contributed by atoms with Crippen molar-refractivity contribution >= 4 is 0 Å². The van der Waals surface area contributed by atoms with Crippen LogP contribution in [0.2, 0.25) is 0 Å². The van der Waals surface area contributed by atoms with Crippen LogP contribution in [-0.4, -0.2) is 62.0 Å². The first kappa shape index (κ1) is 16.9. The van der Waals surface area contributed by atoms with Gasteiger partial charge in [0.2, 0.25) is 0 Å². The number of nitrogens with zero attached hydrogens (tertiary/aromatic N) is 2. The summed E-state index contributed by atoms with van der Waals surface area (Å²) in [4.78, 5) is 4.91. The van der Waals surface area contributed by atoms with E-state index in [2.05, 4.69) is 68.0 Å². The third-order valence-corrected chi connectivity index (χ3v) is 5.24. The molecule has 128 valence electrons. The molecule has 1 aromatic rings. The maximum Gasteiger partial charge on any atom is 0.118 e. The second-order valence-electron chi connectivity index (χ2n) is 7.61. The van der Waals surface area contributed by atoms with Crippen LogP contribution >= 0.6 is 0 Å². The molecular formula is C19H30N2O2. The van der Waals surface area contributed by atoms with Gasteiger partial charge in [0.25, 0.3) is 0 Å². The van der Waals surface area contributed by atoms with Crippen LogP contribution in [-0.2, 0) is 9.47 Å². The number of hydrogen-bond donors (Lipinski definition) is 0. The molecule has 2 heterocycles. The minimum absolute atomic E-state index is 0.0733. The Morgan fingerprint density at radius 3 is 2.39 bits per heavy atom. The first-order valence-electron chi connectivity index (χ1n) is 8.71. The molecule has 3 rings (SSSR count). The lowest BCUT2D eigenvalue weighted by Crippen LogP contribution is -2.53. The highest BCUT2D eigenvalue weighted by Gasteiger charge is 2.43. The summed E-state index contributed by atoms with van der Waals surface area (Å²) < 4.78 is 12.3. The van der Waals surface area contributed by atoms with Crippen molar-refractivity contribution in [3.05, 3.63) is 35.9 Å². The Hall–Kier alpha value is -0.940. The smallest absolute Gasteiger partial charge is 0.118 e. The minimum atomic E-state index is 0.0733. The van der Waals surface area contributed by atoms with E-state index in [1.807, 2.05) is 0 Å². The zero-order valence-electron chi connectivity index (χ0n) is 14.9. The van der Waals surface area contributed by atoms with E-state index in [9.17, 15) is 0 Å². The quantitative estimate of drug-likeness (QED) is 0.837. The summed E-state index contributed by atoms with van der Waals surface area (Å²) in [5, 5.41) is 0. The number of likely N-dealkylation sites (N-methyl/N-ethyl adjacent to an activating group) is 1. The summed E-state index contributed by atoms with van der Waals surface area (Å²) in [6.45, 7) is 11.5. The first-order valence-corrected chi connectivity index (χ1v) is 8.71. The van der Waals surface area contributed by atoms with Gasteiger partial charge in [-0.2, -0.15) is 0 Å². The monoisotopic (exact) mass is 318 g/mol. The van der Waals surface area contributed by atoms with Gasteiger partial charge in [-0.3, -0.25) is 4.90 Å². The summed E-state index contributed by atoms with van der Waals surface area (Å²) in [5.74, 6) is 0. The second kappa shape index (κ2) is 6.89. The average Bonchev–Trinajstić information content (AvgIpc) is 2.64. The van der Waals surface area contributed by atoms with Gasteiger partial charge in [-0.25, -0.2) is 0 Å². The molecule has 0 radical (unpaired) electrons. The van der Waals surface area contributed by atoms with E-state index in [-0.39, 0.29) is 17.7 Å². The molecular weight excluding hydrogens is 288 g/mol. The standard InChI is InChI=1S/C19H30N2O2/c1-15-17(16-8-6-5-7-9-16)23-18(19(2,3)14-20(15)4)21-10-12-22-13-11-21/h5-9,15,17-18H,10-14H2,1-4H3/t15-,17+,18-/m0/s1. The van der Waals surface area contributed by atoms with Gasteiger partial charge in [0.15, 0.2) is 0 Å². The molecule has 4 nitrogen and oxygen atoms in total. The largest absolute Gasteiger partial charge is 0.379 e. The van der Waals surface area contributed by atoms with Crippen LogP contribution in [0.15, 0.2) is 30.3 Å². The van der Waals surface area contributed by atoms with Crippen LogP contribution in [0.4, 0.5) is 0 Å². The SMILES string of the molecule is C[C@H]1[C@H](c2ccccc2)O[C@H](N2CCOCC2)C(C)(C)CN1C. The molecule has 0 bridgehead atoms. The number of rotatable bonds is 2. The summed E-state index contributed by atoms with van der Waals surface area (Å²) in [6, 6.07) is 11.0. The molecule has 0 N–H and O–H groups in total. The number of ether oxygens (including phenoxy) is 2. The van der Waals surface area contributed by atoms with Gasteiger partial charge in [0.05, 0.1) is 19.3 Å². The first-order chi connectivity index (χ1) is 11.0. The van der Waals surface area contributed by atoms with Crippen molar-refractivity contribution in [2.75, 3.05) is 39.9 Å². The molecule has 0 spiro atoms. The third-order valence-electron chi connectivity index (χ3n) is 5.24. The molecule has 23 heavy (non-hydrogen) atoms. The average molecular weight is 318 g/mol. The zero-order chi connectivity index (χ0) is 16.4. The van der Waals surface area contributed by atoms with Crippen LogP contribution in [0, 0.1) is 5.41 Å². The van der Waals surface area contributed by atoms with Gasteiger partial charge < -0.3 is 14.4 Å². The molecule has 0 amide bonds. The Morgan fingerprint density at radius 2 is 1.74 bits per heavy atom. The Labute approximate surface area is 140 Å². The predicted octanol–water partition coefficient (Wildman–Crippen LogP) is 2.76.